The number of halogens is 2. The summed E-state index contributed by atoms with van der Waals surface area (Å²) in [6, 6.07) is 15.9. The molecule has 0 spiro atoms. The lowest BCUT2D eigenvalue weighted by atomic mass is 10.0. The van der Waals surface area contributed by atoms with Gasteiger partial charge in [-0.2, -0.15) is 0 Å². The Bertz CT molecular complexity index is 718. The van der Waals surface area contributed by atoms with Crippen LogP contribution in [0.2, 0.25) is 10.0 Å². The maximum absolute atomic E-state index is 6.32. The van der Waals surface area contributed by atoms with E-state index >= 15 is 0 Å². The Morgan fingerprint density at radius 3 is 2.65 bits per heavy atom. The first-order valence-corrected chi connectivity index (χ1v) is 7.89. The SMILES string of the molecule is NC(Cc1cc(Cl)ccc1Cl)c1cc2ccccc2s1. The van der Waals surface area contributed by atoms with Crippen molar-refractivity contribution in [2.24, 2.45) is 5.73 Å². The summed E-state index contributed by atoms with van der Waals surface area (Å²) in [5.41, 5.74) is 7.31. The minimum absolute atomic E-state index is 0.0663. The zero-order valence-electron chi connectivity index (χ0n) is 10.6. The Morgan fingerprint density at radius 2 is 1.85 bits per heavy atom. The first-order chi connectivity index (χ1) is 9.63. The summed E-state index contributed by atoms with van der Waals surface area (Å²) < 4.78 is 1.26. The zero-order chi connectivity index (χ0) is 14.1. The van der Waals surface area contributed by atoms with Crippen LogP contribution in [0.25, 0.3) is 10.1 Å². The molecular formula is C16H13Cl2NS. The Morgan fingerprint density at radius 1 is 1.05 bits per heavy atom. The molecule has 4 heteroatoms. The predicted molar refractivity (Wildman–Crippen MR) is 88.9 cm³/mol. The van der Waals surface area contributed by atoms with E-state index in [4.69, 9.17) is 28.9 Å². The highest BCUT2D eigenvalue weighted by Crippen LogP contribution is 2.32. The highest BCUT2D eigenvalue weighted by molar-refractivity contribution is 7.19. The van der Waals surface area contributed by atoms with E-state index in [-0.39, 0.29) is 6.04 Å². The quantitative estimate of drug-likeness (QED) is 0.681. The van der Waals surface area contributed by atoms with Gasteiger partial charge in [-0.1, -0.05) is 41.4 Å². The summed E-state index contributed by atoms with van der Waals surface area (Å²) in [7, 11) is 0. The van der Waals surface area contributed by atoms with Crippen molar-refractivity contribution in [2.75, 3.05) is 0 Å². The Kier molecular flexibility index (Phi) is 3.99. The molecule has 0 amide bonds. The Balaban J connectivity index is 1.88. The van der Waals surface area contributed by atoms with Gasteiger partial charge in [0.05, 0.1) is 0 Å². The molecule has 20 heavy (non-hydrogen) atoms. The molecule has 1 atom stereocenters. The number of thiophene rings is 1. The number of fused-ring (bicyclic) bond motifs is 1. The van der Waals surface area contributed by atoms with Gasteiger partial charge in [-0.05, 0) is 47.7 Å². The molecule has 1 nitrogen and oxygen atoms in total. The molecule has 3 aromatic rings. The summed E-state index contributed by atoms with van der Waals surface area (Å²) in [5.74, 6) is 0. The standard InChI is InChI=1S/C16H13Cl2NS/c17-12-5-6-13(18)11(7-12)8-14(19)16-9-10-3-1-2-4-15(10)20-16/h1-7,9,14H,8,19H2. The van der Waals surface area contributed by atoms with Gasteiger partial charge in [-0.25, -0.2) is 0 Å². The van der Waals surface area contributed by atoms with E-state index in [0.717, 1.165) is 5.56 Å². The van der Waals surface area contributed by atoms with Crippen LogP contribution in [-0.4, -0.2) is 0 Å². The second-order valence-electron chi connectivity index (χ2n) is 4.73. The largest absolute Gasteiger partial charge is 0.323 e. The molecule has 0 bridgehead atoms. The van der Waals surface area contributed by atoms with Gasteiger partial charge in [-0.3, -0.25) is 0 Å². The summed E-state index contributed by atoms with van der Waals surface area (Å²) >= 11 is 13.9. The second kappa shape index (κ2) is 5.74. The van der Waals surface area contributed by atoms with E-state index in [1.54, 1.807) is 17.4 Å². The van der Waals surface area contributed by atoms with Crippen molar-refractivity contribution in [3.8, 4) is 0 Å². The molecule has 1 aromatic heterocycles. The first-order valence-electron chi connectivity index (χ1n) is 6.31. The van der Waals surface area contributed by atoms with E-state index in [1.807, 2.05) is 24.3 Å². The normalized spacial score (nSPS) is 12.8. The van der Waals surface area contributed by atoms with Crippen LogP contribution in [0.1, 0.15) is 16.5 Å². The lowest BCUT2D eigenvalue weighted by molar-refractivity contribution is 0.737. The third-order valence-corrected chi connectivity index (χ3v) is 5.11. The van der Waals surface area contributed by atoms with Crippen LogP contribution in [0.15, 0.2) is 48.5 Å². The zero-order valence-corrected chi connectivity index (χ0v) is 13.0. The predicted octanol–water partition coefficient (Wildman–Crippen LogP) is 5.45. The maximum Gasteiger partial charge on any atom is 0.0439 e. The van der Waals surface area contributed by atoms with Crippen molar-refractivity contribution >= 4 is 44.6 Å². The van der Waals surface area contributed by atoms with Crippen LogP contribution in [0.3, 0.4) is 0 Å². The van der Waals surface area contributed by atoms with Crippen molar-refractivity contribution in [2.45, 2.75) is 12.5 Å². The lowest BCUT2D eigenvalue weighted by Gasteiger charge is -2.11. The maximum atomic E-state index is 6.32. The monoisotopic (exact) mass is 321 g/mol. The van der Waals surface area contributed by atoms with Crippen LogP contribution in [0, 0.1) is 0 Å². The number of benzene rings is 2. The molecule has 0 saturated carbocycles. The molecule has 0 aliphatic rings. The van der Waals surface area contributed by atoms with Crippen molar-refractivity contribution in [1.82, 2.24) is 0 Å². The molecule has 2 N–H and O–H groups in total. The van der Waals surface area contributed by atoms with Crippen LogP contribution < -0.4 is 5.73 Å². The van der Waals surface area contributed by atoms with Gasteiger partial charge in [0.1, 0.15) is 0 Å². The van der Waals surface area contributed by atoms with Crippen molar-refractivity contribution in [3.05, 3.63) is 69.0 Å². The van der Waals surface area contributed by atoms with E-state index in [9.17, 15) is 0 Å². The van der Waals surface area contributed by atoms with Crippen LogP contribution in [0.4, 0.5) is 0 Å². The van der Waals surface area contributed by atoms with Crippen molar-refractivity contribution in [1.29, 1.82) is 0 Å². The Hall–Kier alpha value is -1.06. The van der Waals surface area contributed by atoms with Gasteiger partial charge in [0.15, 0.2) is 0 Å². The third-order valence-electron chi connectivity index (χ3n) is 3.26. The van der Waals surface area contributed by atoms with Gasteiger partial charge in [0, 0.05) is 25.7 Å². The highest BCUT2D eigenvalue weighted by atomic mass is 35.5. The molecule has 102 valence electrons. The fourth-order valence-electron chi connectivity index (χ4n) is 2.22. The van der Waals surface area contributed by atoms with Gasteiger partial charge >= 0.3 is 0 Å². The van der Waals surface area contributed by atoms with Gasteiger partial charge in [-0.15, -0.1) is 11.3 Å². The average Bonchev–Trinajstić information content (AvgIpc) is 2.87. The fourth-order valence-corrected chi connectivity index (χ4v) is 3.68. The molecule has 2 aromatic carbocycles. The highest BCUT2D eigenvalue weighted by Gasteiger charge is 2.13. The first kappa shape index (κ1) is 13.9. The molecule has 0 aliphatic carbocycles. The number of nitrogens with two attached hydrogens (primary N) is 1. The molecular weight excluding hydrogens is 309 g/mol. The molecule has 0 fully saturated rings. The average molecular weight is 322 g/mol. The summed E-state index contributed by atoms with van der Waals surface area (Å²) in [4.78, 5) is 1.17. The van der Waals surface area contributed by atoms with E-state index in [1.165, 1.54) is 15.0 Å². The minimum atomic E-state index is -0.0663. The topological polar surface area (TPSA) is 26.0 Å². The fraction of sp³-hybridized carbons (Fsp3) is 0.125. The second-order valence-corrected chi connectivity index (χ2v) is 6.69. The number of hydrogen-bond acceptors (Lipinski definition) is 2. The van der Waals surface area contributed by atoms with Gasteiger partial charge in [0.25, 0.3) is 0 Å². The minimum Gasteiger partial charge on any atom is -0.323 e. The van der Waals surface area contributed by atoms with Gasteiger partial charge < -0.3 is 5.73 Å². The number of rotatable bonds is 3. The van der Waals surface area contributed by atoms with E-state index in [2.05, 4.69) is 18.2 Å². The summed E-state index contributed by atoms with van der Waals surface area (Å²) in [6.45, 7) is 0. The molecule has 1 heterocycles. The van der Waals surface area contributed by atoms with Gasteiger partial charge in [0.2, 0.25) is 0 Å². The molecule has 0 saturated heterocycles. The molecule has 0 aliphatic heterocycles. The van der Waals surface area contributed by atoms with Crippen LogP contribution in [0.5, 0.6) is 0 Å². The van der Waals surface area contributed by atoms with Crippen molar-refractivity contribution < 1.29 is 0 Å². The third kappa shape index (κ3) is 2.84. The van der Waals surface area contributed by atoms with Crippen LogP contribution in [-0.2, 0) is 6.42 Å². The number of hydrogen-bond donors (Lipinski definition) is 1. The van der Waals surface area contributed by atoms with E-state index < -0.39 is 0 Å². The smallest absolute Gasteiger partial charge is 0.0439 e. The van der Waals surface area contributed by atoms with Crippen LogP contribution >= 0.6 is 34.5 Å². The molecule has 3 rings (SSSR count). The molecule has 0 radical (unpaired) electrons. The Labute approximate surface area is 131 Å². The summed E-state index contributed by atoms with van der Waals surface area (Å²) in [5, 5.41) is 2.64. The van der Waals surface area contributed by atoms with Crippen molar-refractivity contribution in [3.63, 3.8) is 0 Å². The lowest BCUT2D eigenvalue weighted by Crippen LogP contribution is -2.12. The summed E-state index contributed by atoms with van der Waals surface area (Å²) in [6.07, 6.45) is 0.687. The van der Waals surface area contributed by atoms with E-state index in [0.29, 0.717) is 16.5 Å². The molecule has 1 unspecified atom stereocenters.